The number of phenolic OH excluding ortho intramolecular Hbond substituents is 1. The van der Waals surface area contributed by atoms with Crippen LogP contribution < -0.4 is 4.90 Å². The SMILES string of the molecule is O=C1C(O)=C(c2ccc(O)cc2)C(C2CCOC2)N1c1ccc2[nH]cnc2c1. The predicted octanol–water partition coefficient (Wildman–Crippen LogP) is 2.99. The summed E-state index contributed by atoms with van der Waals surface area (Å²) >= 11 is 0. The Kier molecular flexibility index (Phi) is 3.84. The van der Waals surface area contributed by atoms with Gasteiger partial charge in [0.1, 0.15) is 5.75 Å². The van der Waals surface area contributed by atoms with Gasteiger partial charge in [-0.05, 0) is 42.3 Å². The Morgan fingerprint density at radius 1 is 1.14 bits per heavy atom. The number of aromatic amines is 1. The lowest BCUT2D eigenvalue weighted by atomic mass is 9.88. The maximum absolute atomic E-state index is 13.1. The molecule has 7 heteroatoms. The van der Waals surface area contributed by atoms with Gasteiger partial charge in [-0.15, -0.1) is 0 Å². The highest BCUT2D eigenvalue weighted by molar-refractivity contribution is 6.16. The number of aromatic hydroxyl groups is 1. The fraction of sp³-hybridized carbons (Fsp3) is 0.238. The Morgan fingerprint density at radius 2 is 1.96 bits per heavy atom. The highest BCUT2D eigenvalue weighted by Gasteiger charge is 2.46. The van der Waals surface area contributed by atoms with E-state index in [2.05, 4.69) is 9.97 Å². The van der Waals surface area contributed by atoms with Crippen LogP contribution in [-0.2, 0) is 9.53 Å². The molecule has 3 N–H and O–H groups in total. The molecule has 2 atom stereocenters. The molecule has 2 aliphatic rings. The third-order valence-electron chi connectivity index (χ3n) is 5.52. The zero-order chi connectivity index (χ0) is 19.3. The maximum Gasteiger partial charge on any atom is 0.294 e. The van der Waals surface area contributed by atoms with E-state index in [0.717, 1.165) is 17.5 Å². The van der Waals surface area contributed by atoms with Crippen molar-refractivity contribution in [2.24, 2.45) is 5.92 Å². The van der Waals surface area contributed by atoms with E-state index < -0.39 is 5.91 Å². The molecule has 142 valence electrons. The monoisotopic (exact) mass is 377 g/mol. The standard InChI is InChI=1S/C21H19N3O4/c25-15-4-1-12(2-5-15)18-19(13-7-8-28-10-13)24(21(27)20(18)26)14-3-6-16-17(9-14)23-11-22-16/h1-6,9,11,13,19,25-26H,7-8,10H2,(H,22,23). The van der Waals surface area contributed by atoms with Gasteiger partial charge in [-0.25, -0.2) is 4.98 Å². The number of amides is 1. The first-order chi connectivity index (χ1) is 13.6. The minimum atomic E-state index is -0.435. The van der Waals surface area contributed by atoms with Crippen LogP contribution in [0.3, 0.4) is 0 Å². The van der Waals surface area contributed by atoms with Crippen LogP contribution in [0.25, 0.3) is 16.6 Å². The van der Waals surface area contributed by atoms with Crippen LogP contribution in [0.4, 0.5) is 5.69 Å². The molecule has 0 saturated carbocycles. The summed E-state index contributed by atoms with van der Waals surface area (Å²) in [6.45, 7) is 1.15. The Balaban J connectivity index is 1.64. The zero-order valence-electron chi connectivity index (χ0n) is 15.0. The summed E-state index contributed by atoms with van der Waals surface area (Å²) < 4.78 is 5.59. The predicted molar refractivity (Wildman–Crippen MR) is 104 cm³/mol. The summed E-state index contributed by atoms with van der Waals surface area (Å²) in [5, 5.41) is 20.4. The van der Waals surface area contributed by atoms with Crippen molar-refractivity contribution in [1.82, 2.24) is 9.97 Å². The molecule has 2 aliphatic heterocycles. The lowest BCUT2D eigenvalue weighted by Gasteiger charge is -2.31. The topological polar surface area (TPSA) is 98.7 Å². The number of anilines is 1. The number of hydrogen-bond acceptors (Lipinski definition) is 5. The summed E-state index contributed by atoms with van der Waals surface area (Å²) in [4.78, 5) is 22.1. The van der Waals surface area contributed by atoms with E-state index in [1.54, 1.807) is 35.5 Å². The largest absolute Gasteiger partial charge is 0.508 e. The van der Waals surface area contributed by atoms with Gasteiger partial charge in [-0.2, -0.15) is 0 Å². The van der Waals surface area contributed by atoms with Crippen LogP contribution in [0.5, 0.6) is 5.75 Å². The number of ether oxygens (including phenoxy) is 1. The van der Waals surface area contributed by atoms with E-state index in [0.29, 0.717) is 30.0 Å². The third-order valence-corrected chi connectivity index (χ3v) is 5.52. The average Bonchev–Trinajstić information content (AvgIpc) is 3.43. The van der Waals surface area contributed by atoms with Crippen molar-refractivity contribution >= 4 is 28.2 Å². The Labute approximate surface area is 160 Å². The quantitative estimate of drug-likeness (QED) is 0.652. The lowest BCUT2D eigenvalue weighted by molar-refractivity contribution is -0.117. The van der Waals surface area contributed by atoms with Gasteiger partial charge in [-0.1, -0.05) is 12.1 Å². The molecule has 7 nitrogen and oxygen atoms in total. The number of aromatic nitrogens is 2. The second kappa shape index (κ2) is 6.38. The van der Waals surface area contributed by atoms with Gasteiger partial charge in [0.15, 0.2) is 5.76 Å². The minimum absolute atomic E-state index is 0.0623. The second-order valence-corrected chi connectivity index (χ2v) is 7.16. The smallest absolute Gasteiger partial charge is 0.294 e. The number of rotatable bonds is 3. The van der Waals surface area contributed by atoms with Crippen LogP contribution in [0.15, 0.2) is 54.6 Å². The fourth-order valence-electron chi connectivity index (χ4n) is 4.17. The molecular weight excluding hydrogens is 358 g/mol. The fourth-order valence-corrected chi connectivity index (χ4v) is 4.17. The van der Waals surface area contributed by atoms with Crippen molar-refractivity contribution in [2.45, 2.75) is 12.5 Å². The second-order valence-electron chi connectivity index (χ2n) is 7.16. The molecule has 2 aromatic carbocycles. The van der Waals surface area contributed by atoms with Crippen molar-refractivity contribution < 1.29 is 19.7 Å². The van der Waals surface area contributed by atoms with E-state index in [1.165, 1.54) is 0 Å². The molecule has 2 unspecified atom stereocenters. The molecular formula is C21H19N3O4. The number of benzene rings is 2. The molecule has 3 aromatic rings. The van der Waals surface area contributed by atoms with Crippen LogP contribution >= 0.6 is 0 Å². The summed E-state index contributed by atoms with van der Waals surface area (Å²) in [7, 11) is 0. The molecule has 3 heterocycles. The van der Waals surface area contributed by atoms with Crippen molar-refractivity contribution in [2.75, 3.05) is 18.1 Å². The first-order valence-corrected chi connectivity index (χ1v) is 9.20. The van der Waals surface area contributed by atoms with E-state index in [4.69, 9.17) is 4.74 Å². The maximum atomic E-state index is 13.1. The number of aliphatic hydroxyl groups is 1. The molecule has 0 spiro atoms. The summed E-state index contributed by atoms with van der Waals surface area (Å²) in [5.41, 5.74) is 3.60. The number of phenols is 1. The minimum Gasteiger partial charge on any atom is -0.508 e. The summed E-state index contributed by atoms with van der Waals surface area (Å²) in [5.74, 6) is -0.499. The van der Waals surface area contributed by atoms with Crippen LogP contribution in [0.1, 0.15) is 12.0 Å². The molecule has 1 amide bonds. The van der Waals surface area contributed by atoms with Gasteiger partial charge < -0.3 is 19.9 Å². The van der Waals surface area contributed by atoms with E-state index in [-0.39, 0.29) is 23.5 Å². The number of imidazole rings is 1. The number of nitrogens with one attached hydrogen (secondary N) is 1. The summed E-state index contributed by atoms with van der Waals surface area (Å²) in [6.07, 6.45) is 2.41. The number of aliphatic hydroxyl groups excluding tert-OH is 1. The molecule has 1 aromatic heterocycles. The molecule has 1 fully saturated rings. The van der Waals surface area contributed by atoms with Crippen molar-refractivity contribution in [3.63, 3.8) is 0 Å². The van der Waals surface area contributed by atoms with E-state index >= 15 is 0 Å². The molecule has 0 bridgehead atoms. The van der Waals surface area contributed by atoms with Gasteiger partial charge in [0.25, 0.3) is 5.91 Å². The molecule has 28 heavy (non-hydrogen) atoms. The molecule has 0 radical (unpaired) electrons. The lowest BCUT2D eigenvalue weighted by Crippen LogP contribution is -2.41. The van der Waals surface area contributed by atoms with E-state index in [1.807, 2.05) is 18.2 Å². The Hall–Kier alpha value is -3.32. The van der Waals surface area contributed by atoms with Crippen molar-refractivity contribution in [3.8, 4) is 5.75 Å². The van der Waals surface area contributed by atoms with Gasteiger partial charge >= 0.3 is 0 Å². The van der Waals surface area contributed by atoms with Gasteiger partial charge in [0.05, 0.1) is 30.0 Å². The number of carbonyl (C=O) groups excluding carboxylic acids is 1. The number of H-pyrrole nitrogens is 1. The van der Waals surface area contributed by atoms with Gasteiger partial charge in [0.2, 0.25) is 0 Å². The normalized spacial score (nSPS) is 22.6. The number of carbonyl (C=O) groups is 1. The highest BCUT2D eigenvalue weighted by atomic mass is 16.5. The number of hydrogen-bond donors (Lipinski definition) is 3. The molecule has 5 rings (SSSR count). The van der Waals surface area contributed by atoms with Crippen LogP contribution in [0, 0.1) is 5.92 Å². The third kappa shape index (κ3) is 2.55. The first kappa shape index (κ1) is 16.8. The van der Waals surface area contributed by atoms with Gasteiger partial charge in [-0.3, -0.25) is 9.69 Å². The van der Waals surface area contributed by atoms with E-state index in [9.17, 15) is 15.0 Å². The molecule has 0 aliphatic carbocycles. The van der Waals surface area contributed by atoms with Crippen molar-refractivity contribution in [3.05, 3.63) is 60.1 Å². The van der Waals surface area contributed by atoms with Gasteiger partial charge in [0, 0.05) is 23.8 Å². The van der Waals surface area contributed by atoms with Crippen LogP contribution in [0.2, 0.25) is 0 Å². The zero-order valence-corrected chi connectivity index (χ0v) is 15.0. The Morgan fingerprint density at radius 3 is 2.71 bits per heavy atom. The molecule has 1 saturated heterocycles. The Bertz CT molecular complexity index is 1080. The van der Waals surface area contributed by atoms with Crippen LogP contribution in [-0.4, -0.2) is 45.3 Å². The highest BCUT2D eigenvalue weighted by Crippen LogP contribution is 2.42. The average molecular weight is 377 g/mol. The first-order valence-electron chi connectivity index (χ1n) is 9.20. The van der Waals surface area contributed by atoms with Crippen molar-refractivity contribution in [1.29, 1.82) is 0 Å². The number of nitrogens with zero attached hydrogens (tertiary/aromatic N) is 2. The summed E-state index contributed by atoms with van der Waals surface area (Å²) in [6, 6.07) is 11.8. The number of fused-ring (bicyclic) bond motifs is 1.